The average Bonchev–Trinajstić information content (AvgIpc) is 3.31. The van der Waals surface area contributed by atoms with Crippen LogP contribution in [0.25, 0.3) is 0 Å². The molecule has 7 heteroatoms. The summed E-state index contributed by atoms with van der Waals surface area (Å²) in [5.74, 6) is -0.941. The molecule has 2 N–H and O–H groups in total. The molecule has 0 aliphatic carbocycles. The number of carbonyl (C=O) groups excluding carboxylic acids is 1. The van der Waals surface area contributed by atoms with Crippen LogP contribution < -0.4 is 10.2 Å². The smallest absolute Gasteiger partial charge is 0.326 e. The minimum absolute atomic E-state index is 0.156. The second-order valence-corrected chi connectivity index (χ2v) is 9.64. The Morgan fingerprint density at radius 1 is 1.09 bits per heavy atom. The molecular formula is C28H34N4O3. The first kappa shape index (κ1) is 24.5. The first-order chi connectivity index (χ1) is 16.9. The Balaban J connectivity index is 1.31. The summed E-state index contributed by atoms with van der Waals surface area (Å²) in [6.07, 6.45) is 5.11. The summed E-state index contributed by atoms with van der Waals surface area (Å²) in [5, 5.41) is 12.5. The van der Waals surface area contributed by atoms with Crippen LogP contribution in [0.5, 0.6) is 0 Å². The fourth-order valence-electron chi connectivity index (χ4n) is 4.57. The number of amides is 1. The van der Waals surface area contributed by atoms with Gasteiger partial charge in [-0.1, -0.05) is 56.3 Å². The summed E-state index contributed by atoms with van der Waals surface area (Å²) < 4.78 is 1.93. The Kier molecular flexibility index (Phi) is 7.85. The van der Waals surface area contributed by atoms with E-state index in [1.165, 1.54) is 11.3 Å². The SMILES string of the molecule is CC(C)c1cccc(N2CCC(C(=O)NC(Cc3cn(Cc4ccccc4)cn3)C(=O)O)CC2)c1. The lowest BCUT2D eigenvalue weighted by Gasteiger charge is -2.33. The number of benzene rings is 2. The van der Waals surface area contributed by atoms with Crippen LogP contribution in [0.15, 0.2) is 67.1 Å². The van der Waals surface area contributed by atoms with Gasteiger partial charge in [-0.3, -0.25) is 4.79 Å². The predicted molar refractivity (Wildman–Crippen MR) is 137 cm³/mol. The lowest BCUT2D eigenvalue weighted by molar-refractivity contribution is -0.142. The highest BCUT2D eigenvalue weighted by Crippen LogP contribution is 2.26. The Labute approximate surface area is 206 Å². The van der Waals surface area contributed by atoms with E-state index in [2.05, 4.69) is 53.3 Å². The first-order valence-electron chi connectivity index (χ1n) is 12.3. The molecule has 1 aliphatic heterocycles. The molecule has 184 valence electrons. The molecule has 0 saturated carbocycles. The zero-order valence-electron chi connectivity index (χ0n) is 20.4. The zero-order chi connectivity index (χ0) is 24.8. The number of hydrogen-bond donors (Lipinski definition) is 2. The van der Waals surface area contributed by atoms with E-state index < -0.39 is 12.0 Å². The summed E-state index contributed by atoms with van der Waals surface area (Å²) in [6, 6.07) is 17.6. The number of hydrogen-bond acceptors (Lipinski definition) is 4. The highest BCUT2D eigenvalue weighted by Gasteiger charge is 2.29. The van der Waals surface area contributed by atoms with Crippen molar-refractivity contribution in [3.8, 4) is 0 Å². The molecule has 0 spiro atoms. The summed E-state index contributed by atoms with van der Waals surface area (Å²) in [4.78, 5) is 31.5. The van der Waals surface area contributed by atoms with Crippen LogP contribution in [-0.4, -0.2) is 45.7 Å². The third kappa shape index (κ3) is 6.50. The number of carboxylic acid groups (broad SMARTS) is 1. The molecule has 7 nitrogen and oxygen atoms in total. The summed E-state index contributed by atoms with van der Waals surface area (Å²) in [7, 11) is 0. The number of carboxylic acids is 1. The molecule has 1 saturated heterocycles. The van der Waals surface area contributed by atoms with Crippen LogP contribution in [0.2, 0.25) is 0 Å². The Hall–Kier alpha value is -3.61. The van der Waals surface area contributed by atoms with Gasteiger partial charge in [0.2, 0.25) is 5.91 Å². The maximum absolute atomic E-state index is 12.9. The van der Waals surface area contributed by atoms with Crippen molar-refractivity contribution in [2.45, 2.75) is 51.6 Å². The second kappa shape index (κ2) is 11.2. The van der Waals surface area contributed by atoms with Crippen molar-refractivity contribution in [2.75, 3.05) is 18.0 Å². The monoisotopic (exact) mass is 474 g/mol. The van der Waals surface area contributed by atoms with Gasteiger partial charge in [0.05, 0.1) is 12.0 Å². The Morgan fingerprint density at radius 2 is 1.83 bits per heavy atom. The van der Waals surface area contributed by atoms with Crippen LogP contribution in [-0.2, 0) is 22.6 Å². The summed E-state index contributed by atoms with van der Waals surface area (Å²) in [6.45, 7) is 6.59. The minimum Gasteiger partial charge on any atom is -0.480 e. The highest BCUT2D eigenvalue weighted by atomic mass is 16.4. The van der Waals surface area contributed by atoms with Crippen LogP contribution in [0.1, 0.15) is 49.4 Å². The molecule has 3 aromatic rings. The normalized spacial score (nSPS) is 15.2. The van der Waals surface area contributed by atoms with E-state index >= 15 is 0 Å². The predicted octanol–water partition coefficient (Wildman–Crippen LogP) is 4.08. The molecule has 1 aliphatic rings. The molecule has 1 aromatic heterocycles. The van der Waals surface area contributed by atoms with E-state index in [0.717, 1.165) is 18.7 Å². The number of anilines is 1. The topological polar surface area (TPSA) is 87.5 Å². The standard InChI is InChI=1S/C28H34N4O3/c1-20(2)23-9-6-10-25(15-23)32-13-11-22(12-14-32)27(33)30-26(28(34)35)16-24-18-31(19-29-24)17-21-7-4-3-5-8-21/h3-10,15,18-20,22,26H,11-14,16-17H2,1-2H3,(H,30,33)(H,34,35). The van der Waals surface area contributed by atoms with Gasteiger partial charge in [0.1, 0.15) is 6.04 Å². The highest BCUT2D eigenvalue weighted by molar-refractivity contribution is 5.85. The van der Waals surface area contributed by atoms with Crippen molar-refractivity contribution in [3.63, 3.8) is 0 Å². The molecule has 0 bridgehead atoms. The van der Waals surface area contributed by atoms with E-state index in [9.17, 15) is 14.7 Å². The van der Waals surface area contributed by atoms with E-state index in [1.54, 1.807) is 6.33 Å². The van der Waals surface area contributed by atoms with Crippen LogP contribution >= 0.6 is 0 Å². The van der Waals surface area contributed by atoms with Crippen molar-refractivity contribution in [3.05, 3.63) is 83.9 Å². The van der Waals surface area contributed by atoms with Gasteiger partial charge in [-0.05, 0) is 42.0 Å². The van der Waals surface area contributed by atoms with E-state index in [1.807, 2.05) is 41.1 Å². The Morgan fingerprint density at radius 3 is 2.51 bits per heavy atom. The molecule has 1 amide bonds. The summed E-state index contributed by atoms with van der Waals surface area (Å²) >= 11 is 0. The quantitative estimate of drug-likeness (QED) is 0.488. The maximum Gasteiger partial charge on any atom is 0.326 e. The van der Waals surface area contributed by atoms with Gasteiger partial charge in [-0.15, -0.1) is 0 Å². The number of piperidine rings is 1. The second-order valence-electron chi connectivity index (χ2n) is 9.64. The molecule has 1 atom stereocenters. The third-order valence-corrected chi connectivity index (χ3v) is 6.69. The van der Waals surface area contributed by atoms with Gasteiger partial charge in [0.25, 0.3) is 0 Å². The number of nitrogens with one attached hydrogen (secondary N) is 1. The molecule has 1 unspecified atom stereocenters. The van der Waals surface area contributed by atoms with Crippen molar-refractivity contribution in [2.24, 2.45) is 5.92 Å². The van der Waals surface area contributed by atoms with Crippen LogP contribution in [0.3, 0.4) is 0 Å². The molecule has 2 aromatic carbocycles. The average molecular weight is 475 g/mol. The minimum atomic E-state index is -1.04. The molecule has 0 radical (unpaired) electrons. The van der Waals surface area contributed by atoms with Crippen LogP contribution in [0.4, 0.5) is 5.69 Å². The molecule has 2 heterocycles. The van der Waals surface area contributed by atoms with Gasteiger partial charge < -0.3 is 19.9 Å². The van der Waals surface area contributed by atoms with Gasteiger partial charge in [-0.2, -0.15) is 0 Å². The molecule has 4 rings (SSSR count). The fourth-order valence-corrected chi connectivity index (χ4v) is 4.57. The molecule has 1 fully saturated rings. The Bertz CT molecular complexity index is 1130. The largest absolute Gasteiger partial charge is 0.480 e. The van der Waals surface area contributed by atoms with E-state index in [-0.39, 0.29) is 18.2 Å². The van der Waals surface area contributed by atoms with Crippen molar-refractivity contribution in [1.29, 1.82) is 0 Å². The number of aromatic nitrogens is 2. The fraction of sp³-hybridized carbons (Fsp3) is 0.393. The first-order valence-corrected chi connectivity index (χ1v) is 12.3. The molecule has 35 heavy (non-hydrogen) atoms. The van der Waals surface area contributed by atoms with Gasteiger partial charge in [0, 0.05) is 43.9 Å². The lowest BCUT2D eigenvalue weighted by atomic mass is 9.94. The number of carbonyl (C=O) groups is 2. The van der Waals surface area contributed by atoms with Gasteiger partial charge >= 0.3 is 5.97 Å². The summed E-state index contributed by atoms with van der Waals surface area (Å²) in [5.41, 5.74) is 4.28. The van der Waals surface area contributed by atoms with Crippen LogP contribution in [0, 0.1) is 5.92 Å². The van der Waals surface area contributed by atoms with E-state index in [4.69, 9.17) is 0 Å². The number of nitrogens with zero attached hydrogens (tertiary/aromatic N) is 3. The van der Waals surface area contributed by atoms with Gasteiger partial charge in [-0.25, -0.2) is 9.78 Å². The van der Waals surface area contributed by atoms with Gasteiger partial charge in [0.15, 0.2) is 0 Å². The van der Waals surface area contributed by atoms with Crippen molar-refractivity contribution < 1.29 is 14.7 Å². The molecular weight excluding hydrogens is 440 g/mol. The lowest BCUT2D eigenvalue weighted by Crippen LogP contribution is -2.47. The third-order valence-electron chi connectivity index (χ3n) is 6.69. The van der Waals surface area contributed by atoms with E-state index in [0.29, 0.717) is 31.0 Å². The van der Waals surface area contributed by atoms with Crippen molar-refractivity contribution in [1.82, 2.24) is 14.9 Å². The number of aliphatic carboxylic acids is 1. The number of rotatable bonds is 9. The van der Waals surface area contributed by atoms with Crippen molar-refractivity contribution >= 4 is 17.6 Å². The maximum atomic E-state index is 12.9. The number of imidazole rings is 1. The zero-order valence-corrected chi connectivity index (χ0v) is 20.4.